The highest BCUT2D eigenvalue weighted by molar-refractivity contribution is 6.21. The monoisotopic (exact) mass is 586 g/mol. The molecule has 7 aromatic carbocycles. The number of aromatic nitrogens is 4. The number of para-hydroxylation sites is 4. The van der Waals surface area contributed by atoms with Crippen molar-refractivity contribution < 1.29 is 0 Å². The van der Waals surface area contributed by atoms with E-state index in [4.69, 9.17) is 9.97 Å². The van der Waals surface area contributed by atoms with Gasteiger partial charge in [-0.2, -0.15) is 0 Å². The van der Waals surface area contributed by atoms with Crippen LogP contribution in [0.1, 0.15) is 0 Å². The third kappa shape index (κ3) is 3.55. The van der Waals surface area contributed by atoms with Crippen molar-refractivity contribution in [1.82, 2.24) is 19.1 Å². The summed E-state index contributed by atoms with van der Waals surface area (Å²) in [7, 11) is 0. The Morgan fingerprint density at radius 2 is 1.04 bits per heavy atom. The highest BCUT2D eigenvalue weighted by Crippen LogP contribution is 2.39. The van der Waals surface area contributed by atoms with Gasteiger partial charge in [0, 0.05) is 38.2 Å². The van der Waals surface area contributed by atoms with Crippen LogP contribution in [-0.2, 0) is 0 Å². The first-order chi connectivity index (χ1) is 22.8. The van der Waals surface area contributed by atoms with Gasteiger partial charge in [-0.15, -0.1) is 0 Å². The van der Waals surface area contributed by atoms with Gasteiger partial charge in [0.15, 0.2) is 0 Å². The Labute approximate surface area is 264 Å². The zero-order valence-corrected chi connectivity index (χ0v) is 24.8. The lowest BCUT2D eigenvalue weighted by Crippen LogP contribution is -2.03. The van der Waals surface area contributed by atoms with Gasteiger partial charge in [0.1, 0.15) is 0 Å². The van der Waals surface area contributed by atoms with E-state index in [1.54, 1.807) is 0 Å². The van der Waals surface area contributed by atoms with Crippen LogP contribution in [0, 0.1) is 0 Å². The predicted octanol–water partition coefficient (Wildman–Crippen LogP) is 10.6. The second-order valence-corrected chi connectivity index (χ2v) is 11.8. The molecule has 10 aromatic rings. The average Bonchev–Trinajstić information content (AvgIpc) is 3.64. The molecule has 0 fully saturated rings. The van der Waals surface area contributed by atoms with E-state index in [2.05, 4.69) is 167 Å². The molecule has 0 unspecified atom stereocenters. The first-order valence-corrected chi connectivity index (χ1v) is 15.6. The van der Waals surface area contributed by atoms with Crippen molar-refractivity contribution >= 4 is 65.3 Å². The smallest absolute Gasteiger partial charge is 0.235 e. The Kier molecular flexibility index (Phi) is 5.25. The Hall–Kier alpha value is -6.26. The first-order valence-electron chi connectivity index (χ1n) is 15.6. The highest BCUT2D eigenvalue weighted by atomic mass is 15.2. The Balaban J connectivity index is 1.29. The molecule has 10 rings (SSSR count). The molecule has 0 N–H and O–H groups in total. The third-order valence-electron chi connectivity index (χ3n) is 9.32. The average molecular weight is 587 g/mol. The zero-order valence-electron chi connectivity index (χ0n) is 24.8. The first kappa shape index (κ1) is 25.1. The van der Waals surface area contributed by atoms with Crippen LogP contribution in [0.3, 0.4) is 0 Å². The second kappa shape index (κ2) is 9.62. The van der Waals surface area contributed by atoms with Gasteiger partial charge in [0.25, 0.3) is 0 Å². The van der Waals surface area contributed by atoms with Gasteiger partial charge in [-0.3, -0.25) is 4.57 Å². The van der Waals surface area contributed by atoms with Crippen molar-refractivity contribution in [1.29, 1.82) is 0 Å². The summed E-state index contributed by atoms with van der Waals surface area (Å²) >= 11 is 0. The maximum atomic E-state index is 5.40. The van der Waals surface area contributed by atoms with Crippen LogP contribution in [0.25, 0.3) is 88.2 Å². The quantitative estimate of drug-likeness (QED) is 0.206. The highest BCUT2D eigenvalue weighted by Gasteiger charge is 2.19. The van der Waals surface area contributed by atoms with E-state index in [0.717, 1.165) is 44.4 Å². The van der Waals surface area contributed by atoms with Gasteiger partial charge in [-0.05, 0) is 53.2 Å². The molecule has 0 spiro atoms. The molecule has 46 heavy (non-hydrogen) atoms. The summed E-state index contributed by atoms with van der Waals surface area (Å²) in [6.07, 6.45) is 0. The van der Waals surface area contributed by atoms with Crippen LogP contribution >= 0.6 is 0 Å². The molecule has 0 aliphatic rings. The van der Waals surface area contributed by atoms with E-state index in [1.165, 1.54) is 37.8 Å². The maximum Gasteiger partial charge on any atom is 0.235 e. The van der Waals surface area contributed by atoms with Gasteiger partial charge >= 0.3 is 0 Å². The number of hydrogen-bond acceptors (Lipinski definition) is 2. The van der Waals surface area contributed by atoms with Crippen molar-refractivity contribution in [3.05, 3.63) is 158 Å². The van der Waals surface area contributed by atoms with Crippen LogP contribution in [0.5, 0.6) is 0 Å². The summed E-state index contributed by atoms with van der Waals surface area (Å²) < 4.78 is 4.59. The molecule has 0 aliphatic heterocycles. The fraction of sp³-hybridized carbons (Fsp3) is 0. The second-order valence-electron chi connectivity index (χ2n) is 11.8. The summed E-state index contributed by atoms with van der Waals surface area (Å²) in [5, 5.41) is 8.35. The minimum Gasteiger partial charge on any atom is -0.309 e. The van der Waals surface area contributed by atoms with Crippen LogP contribution in [0.2, 0.25) is 0 Å². The van der Waals surface area contributed by atoms with Crippen molar-refractivity contribution in [3.8, 4) is 22.9 Å². The van der Waals surface area contributed by atoms with Gasteiger partial charge in [-0.1, -0.05) is 115 Å². The van der Waals surface area contributed by atoms with E-state index in [-0.39, 0.29) is 0 Å². The molecule has 3 aromatic heterocycles. The number of rotatable bonds is 3. The fourth-order valence-electron chi connectivity index (χ4n) is 7.31. The van der Waals surface area contributed by atoms with Crippen LogP contribution in [0.15, 0.2) is 158 Å². The molecule has 0 amide bonds. The molecule has 4 heteroatoms. The van der Waals surface area contributed by atoms with Crippen molar-refractivity contribution in [3.63, 3.8) is 0 Å². The third-order valence-corrected chi connectivity index (χ3v) is 9.32. The number of nitrogens with zero attached hydrogens (tertiary/aromatic N) is 4. The molecule has 3 heterocycles. The van der Waals surface area contributed by atoms with Crippen molar-refractivity contribution in [2.24, 2.45) is 0 Å². The van der Waals surface area contributed by atoms with Gasteiger partial charge in [0.05, 0.1) is 33.3 Å². The number of hydrogen-bond donors (Lipinski definition) is 0. The topological polar surface area (TPSA) is 35.6 Å². The molecule has 0 bridgehead atoms. The normalized spacial score (nSPS) is 11.9. The van der Waals surface area contributed by atoms with E-state index in [1.807, 2.05) is 0 Å². The zero-order chi connectivity index (χ0) is 30.2. The molecule has 0 atom stereocenters. The Morgan fingerprint density at radius 1 is 0.391 bits per heavy atom. The number of benzene rings is 7. The van der Waals surface area contributed by atoms with Gasteiger partial charge < -0.3 is 4.57 Å². The molecule has 0 radical (unpaired) electrons. The Morgan fingerprint density at radius 3 is 1.89 bits per heavy atom. The molecular weight excluding hydrogens is 560 g/mol. The molecule has 4 nitrogen and oxygen atoms in total. The molecule has 0 saturated carbocycles. The molecular formula is C42H26N4. The van der Waals surface area contributed by atoms with Gasteiger partial charge in [0.2, 0.25) is 5.95 Å². The number of fused-ring (bicyclic) bond motifs is 9. The van der Waals surface area contributed by atoms with Crippen molar-refractivity contribution in [2.75, 3.05) is 0 Å². The lowest BCUT2D eigenvalue weighted by atomic mass is 10.0. The predicted molar refractivity (Wildman–Crippen MR) is 191 cm³/mol. The van der Waals surface area contributed by atoms with Gasteiger partial charge in [-0.25, -0.2) is 9.97 Å². The molecule has 0 saturated heterocycles. The standard InChI is InChI=1S/C42H26N4/c1-2-13-29(14-3-1)45-36-20-10-7-16-31(36)32-24-22-28(26-39(32)45)41-33-17-6-9-19-35(33)43-42(44-41)46-37-21-11-8-18-34(37)40-30-15-5-4-12-27(30)23-25-38(40)46/h1-26H. The summed E-state index contributed by atoms with van der Waals surface area (Å²) in [5.41, 5.74) is 8.55. The minimum atomic E-state index is 0.666. The summed E-state index contributed by atoms with van der Waals surface area (Å²) in [6.45, 7) is 0. The lowest BCUT2D eigenvalue weighted by molar-refractivity contribution is 1.01. The maximum absolute atomic E-state index is 5.40. The summed E-state index contributed by atoms with van der Waals surface area (Å²) in [5.74, 6) is 0.666. The fourth-order valence-corrected chi connectivity index (χ4v) is 7.31. The van der Waals surface area contributed by atoms with E-state index in [9.17, 15) is 0 Å². The minimum absolute atomic E-state index is 0.666. The summed E-state index contributed by atoms with van der Waals surface area (Å²) in [4.78, 5) is 10.6. The SMILES string of the molecule is c1ccc(-n2c3ccccc3c3ccc(-c4nc(-n5c6ccccc6c6c7ccccc7ccc65)nc5ccccc45)cc32)cc1. The molecule has 214 valence electrons. The van der Waals surface area contributed by atoms with Crippen molar-refractivity contribution in [2.45, 2.75) is 0 Å². The molecule has 0 aliphatic carbocycles. The van der Waals surface area contributed by atoms with E-state index in [0.29, 0.717) is 5.95 Å². The van der Waals surface area contributed by atoms with E-state index >= 15 is 0 Å². The van der Waals surface area contributed by atoms with Crippen LogP contribution in [-0.4, -0.2) is 19.1 Å². The van der Waals surface area contributed by atoms with E-state index < -0.39 is 0 Å². The summed E-state index contributed by atoms with van der Waals surface area (Å²) in [6, 6.07) is 55.9. The van der Waals surface area contributed by atoms with Crippen LogP contribution in [0.4, 0.5) is 0 Å². The van der Waals surface area contributed by atoms with Crippen LogP contribution < -0.4 is 0 Å². The largest absolute Gasteiger partial charge is 0.309 e. The Bertz CT molecular complexity index is 2810. The lowest BCUT2D eigenvalue weighted by Gasteiger charge is -2.13.